The van der Waals surface area contributed by atoms with E-state index in [-0.39, 0.29) is 22.2 Å². The molecule has 0 spiro atoms. The van der Waals surface area contributed by atoms with E-state index in [1.54, 1.807) is 0 Å². The Morgan fingerprint density at radius 1 is 1.13 bits per heavy atom. The molecule has 2 aromatic carbocycles. The average Bonchev–Trinajstić information content (AvgIpc) is 2.74. The maximum Gasteiger partial charge on any atom is 0.289 e. The van der Waals surface area contributed by atoms with Gasteiger partial charge in [0.05, 0.1) is 29.6 Å². The molecule has 0 unspecified atom stereocenters. The summed E-state index contributed by atoms with van der Waals surface area (Å²) < 4.78 is 31.7. The molecule has 1 amide bonds. The summed E-state index contributed by atoms with van der Waals surface area (Å²) in [5, 5.41) is 16.3. The Morgan fingerprint density at radius 2 is 1.77 bits per heavy atom. The van der Waals surface area contributed by atoms with Crippen molar-refractivity contribution in [2.45, 2.75) is 4.90 Å². The SMILES string of the molecule is O=C(CNc1ccc(Cl)c([N+](=O)[O-])c1)Nc1ccc(S(=O)(=O)N2CCOCC2)cc1. The standard InChI is InChI=1S/C18H19ClN4O6S/c19-16-6-3-14(11-17(16)23(25)26)20-12-18(24)21-13-1-4-15(5-2-13)30(27,28)22-7-9-29-10-8-22/h1-6,11,20H,7-10,12H2,(H,21,24). The zero-order valence-corrected chi connectivity index (χ0v) is 17.3. The summed E-state index contributed by atoms with van der Waals surface area (Å²) in [5.74, 6) is -0.406. The Hall–Kier alpha value is -2.73. The molecule has 0 bridgehead atoms. The van der Waals surface area contributed by atoms with Crippen LogP contribution in [0.25, 0.3) is 0 Å². The van der Waals surface area contributed by atoms with Crippen LogP contribution < -0.4 is 10.6 Å². The van der Waals surface area contributed by atoms with Crippen molar-refractivity contribution in [1.29, 1.82) is 0 Å². The van der Waals surface area contributed by atoms with Crippen LogP contribution in [0.5, 0.6) is 0 Å². The number of nitro benzene ring substituents is 1. The molecule has 3 rings (SSSR count). The lowest BCUT2D eigenvalue weighted by molar-refractivity contribution is -0.384. The summed E-state index contributed by atoms with van der Waals surface area (Å²) in [6.07, 6.45) is 0. The molecule has 30 heavy (non-hydrogen) atoms. The van der Waals surface area contributed by atoms with Crippen LogP contribution in [0.15, 0.2) is 47.4 Å². The van der Waals surface area contributed by atoms with Crippen LogP contribution in [0.4, 0.5) is 17.1 Å². The Labute approximate surface area is 178 Å². The second-order valence-electron chi connectivity index (χ2n) is 6.37. The smallest absolute Gasteiger partial charge is 0.289 e. The molecular formula is C18H19ClN4O6S. The summed E-state index contributed by atoms with van der Waals surface area (Å²) >= 11 is 5.75. The van der Waals surface area contributed by atoms with Gasteiger partial charge in [0.25, 0.3) is 5.69 Å². The number of carbonyl (C=O) groups excluding carboxylic acids is 1. The number of carbonyl (C=O) groups is 1. The lowest BCUT2D eigenvalue weighted by atomic mass is 10.2. The van der Waals surface area contributed by atoms with Gasteiger partial charge in [-0.15, -0.1) is 0 Å². The molecule has 1 heterocycles. The third-order valence-corrected chi connectivity index (χ3v) is 6.57. The van der Waals surface area contributed by atoms with E-state index < -0.39 is 20.9 Å². The first-order chi connectivity index (χ1) is 14.3. The summed E-state index contributed by atoms with van der Waals surface area (Å²) in [6, 6.07) is 9.98. The van der Waals surface area contributed by atoms with Crippen molar-refractivity contribution in [2.75, 3.05) is 43.5 Å². The molecule has 0 aliphatic carbocycles. The topological polar surface area (TPSA) is 131 Å². The van der Waals surface area contributed by atoms with Crippen molar-refractivity contribution in [3.63, 3.8) is 0 Å². The molecule has 0 radical (unpaired) electrons. The minimum atomic E-state index is -3.61. The minimum Gasteiger partial charge on any atom is -0.379 e. The highest BCUT2D eigenvalue weighted by Crippen LogP contribution is 2.27. The van der Waals surface area contributed by atoms with E-state index in [0.29, 0.717) is 37.7 Å². The number of benzene rings is 2. The number of halogens is 1. The van der Waals surface area contributed by atoms with Crippen LogP contribution in [0, 0.1) is 10.1 Å². The van der Waals surface area contributed by atoms with E-state index in [0.717, 1.165) is 0 Å². The normalized spacial score (nSPS) is 14.8. The van der Waals surface area contributed by atoms with E-state index in [4.69, 9.17) is 16.3 Å². The van der Waals surface area contributed by atoms with Crippen molar-refractivity contribution in [3.8, 4) is 0 Å². The summed E-state index contributed by atoms with van der Waals surface area (Å²) in [7, 11) is -3.61. The molecule has 0 atom stereocenters. The first-order valence-corrected chi connectivity index (χ1v) is 10.7. The van der Waals surface area contributed by atoms with Crippen LogP contribution in [-0.2, 0) is 19.6 Å². The molecule has 0 aromatic heterocycles. The highest BCUT2D eigenvalue weighted by Gasteiger charge is 2.26. The summed E-state index contributed by atoms with van der Waals surface area (Å²) in [6.45, 7) is 1.17. The zero-order chi connectivity index (χ0) is 21.7. The number of rotatable bonds is 7. The predicted molar refractivity (Wildman–Crippen MR) is 111 cm³/mol. The number of hydrogen-bond donors (Lipinski definition) is 2. The summed E-state index contributed by atoms with van der Waals surface area (Å²) in [4.78, 5) is 22.6. The molecule has 10 nitrogen and oxygen atoms in total. The number of amides is 1. The van der Waals surface area contributed by atoms with Gasteiger partial charge in [0.15, 0.2) is 0 Å². The van der Waals surface area contributed by atoms with E-state index in [1.165, 1.54) is 46.8 Å². The first-order valence-electron chi connectivity index (χ1n) is 8.93. The number of nitrogens with one attached hydrogen (secondary N) is 2. The van der Waals surface area contributed by atoms with Crippen molar-refractivity contribution in [2.24, 2.45) is 0 Å². The zero-order valence-electron chi connectivity index (χ0n) is 15.7. The van der Waals surface area contributed by atoms with Gasteiger partial charge in [0.1, 0.15) is 5.02 Å². The third-order valence-electron chi connectivity index (χ3n) is 4.34. The highest BCUT2D eigenvalue weighted by atomic mass is 35.5. The van der Waals surface area contributed by atoms with Gasteiger partial charge in [0, 0.05) is 30.5 Å². The van der Waals surface area contributed by atoms with E-state index in [9.17, 15) is 23.3 Å². The molecule has 1 aliphatic rings. The Balaban J connectivity index is 1.58. The van der Waals surface area contributed by atoms with Crippen LogP contribution in [0.3, 0.4) is 0 Å². The van der Waals surface area contributed by atoms with Gasteiger partial charge < -0.3 is 15.4 Å². The molecule has 2 aromatic rings. The molecule has 2 N–H and O–H groups in total. The number of nitrogens with zero attached hydrogens (tertiary/aromatic N) is 2. The molecular weight excluding hydrogens is 436 g/mol. The molecule has 1 fully saturated rings. The lowest BCUT2D eigenvalue weighted by Gasteiger charge is -2.26. The Kier molecular flexibility index (Phi) is 6.87. The molecule has 12 heteroatoms. The van der Waals surface area contributed by atoms with Gasteiger partial charge in [-0.3, -0.25) is 14.9 Å². The van der Waals surface area contributed by atoms with E-state index in [2.05, 4.69) is 10.6 Å². The largest absolute Gasteiger partial charge is 0.379 e. The molecule has 1 saturated heterocycles. The summed E-state index contributed by atoms with van der Waals surface area (Å²) in [5.41, 5.74) is 0.525. The van der Waals surface area contributed by atoms with Gasteiger partial charge in [-0.05, 0) is 36.4 Å². The second-order valence-corrected chi connectivity index (χ2v) is 8.71. The van der Waals surface area contributed by atoms with Gasteiger partial charge in [-0.25, -0.2) is 8.42 Å². The predicted octanol–water partition coefficient (Wildman–Crippen LogP) is 2.32. The number of anilines is 2. The van der Waals surface area contributed by atoms with Crippen molar-refractivity contribution in [3.05, 3.63) is 57.6 Å². The lowest BCUT2D eigenvalue weighted by Crippen LogP contribution is -2.40. The maximum atomic E-state index is 12.6. The fourth-order valence-electron chi connectivity index (χ4n) is 2.80. The maximum absolute atomic E-state index is 12.6. The number of nitro groups is 1. The van der Waals surface area contributed by atoms with Crippen molar-refractivity contribution >= 4 is 44.6 Å². The fourth-order valence-corrected chi connectivity index (χ4v) is 4.39. The average molecular weight is 455 g/mol. The van der Waals surface area contributed by atoms with Gasteiger partial charge in [0.2, 0.25) is 15.9 Å². The van der Waals surface area contributed by atoms with Crippen LogP contribution >= 0.6 is 11.6 Å². The van der Waals surface area contributed by atoms with Crippen molar-refractivity contribution < 1.29 is 22.9 Å². The van der Waals surface area contributed by atoms with E-state index >= 15 is 0 Å². The molecule has 0 saturated carbocycles. The van der Waals surface area contributed by atoms with E-state index in [1.807, 2.05) is 0 Å². The van der Waals surface area contributed by atoms with Gasteiger partial charge >= 0.3 is 0 Å². The van der Waals surface area contributed by atoms with Gasteiger partial charge in [-0.2, -0.15) is 4.31 Å². The Morgan fingerprint density at radius 3 is 2.40 bits per heavy atom. The number of sulfonamides is 1. The Bertz CT molecular complexity index is 1040. The first kappa shape index (κ1) is 22.0. The number of hydrogen-bond acceptors (Lipinski definition) is 7. The third kappa shape index (κ3) is 5.25. The fraction of sp³-hybridized carbons (Fsp3) is 0.278. The second kappa shape index (κ2) is 9.39. The number of morpholine rings is 1. The van der Waals surface area contributed by atoms with Gasteiger partial charge in [-0.1, -0.05) is 11.6 Å². The molecule has 1 aliphatic heterocycles. The van der Waals surface area contributed by atoms with Crippen LogP contribution in [0.1, 0.15) is 0 Å². The van der Waals surface area contributed by atoms with Crippen LogP contribution in [-0.4, -0.2) is 56.4 Å². The quantitative estimate of drug-likeness (QED) is 0.484. The van der Waals surface area contributed by atoms with Crippen molar-refractivity contribution in [1.82, 2.24) is 4.31 Å². The molecule has 160 valence electrons. The number of ether oxygens (including phenoxy) is 1. The minimum absolute atomic E-state index is 0.00197. The van der Waals surface area contributed by atoms with Crippen LogP contribution in [0.2, 0.25) is 5.02 Å². The monoisotopic (exact) mass is 454 g/mol. The highest BCUT2D eigenvalue weighted by molar-refractivity contribution is 7.89.